The lowest BCUT2D eigenvalue weighted by atomic mass is 9.71. The number of rotatable bonds is 4. The zero-order valence-corrected chi connectivity index (χ0v) is 27.9. The van der Waals surface area contributed by atoms with Crippen molar-refractivity contribution in [3.05, 3.63) is 148 Å². The van der Waals surface area contributed by atoms with Gasteiger partial charge in [-0.05, 0) is 141 Å². The average molecular weight is 616 g/mol. The van der Waals surface area contributed by atoms with Crippen molar-refractivity contribution in [2.75, 3.05) is 4.90 Å². The number of fused-ring (bicyclic) bond motifs is 4. The van der Waals surface area contributed by atoms with Gasteiger partial charge in [0.1, 0.15) is 0 Å². The Hall–Kier alpha value is -4.11. The number of para-hydroxylation sites is 1. The van der Waals surface area contributed by atoms with Gasteiger partial charge in [-0.15, -0.1) is 0 Å². The Bertz CT molecular complexity index is 1930. The summed E-state index contributed by atoms with van der Waals surface area (Å²) in [7, 11) is 0. The highest BCUT2D eigenvalue weighted by molar-refractivity contribution is 5.75. The van der Waals surface area contributed by atoms with Crippen LogP contribution in [0.1, 0.15) is 83.7 Å². The van der Waals surface area contributed by atoms with Gasteiger partial charge in [0.15, 0.2) is 0 Å². The maximum atomic E-state index is 4.68. The fraction of sp³-hybridized carbons (Fsp3) is 0.386. The van der Waals surface area contributed by atoms with Crippen molar-refractivity contribution in [3.8, 4) is 0 Å². The number of anilines is 1. The molecule has 3 heterocycles. The molecule has 5 unspecified atom stereocenters. The second-order valence-electron chi connectivity index (χ2n) is 15.6. The van der Waals surface area contributed by atoms with Crippen LogP contribution in [0.25, 0.3) is 5.57 Å². The largest absolute Gasteiger partial charge is 0.358 e. The molecule has 6 aliphatic carbocycles. The van der Waals surface area contributed by atoms with E-state index in [4.69, 9.17) is 0 Å². The lowest BCUT2D eigenvalue weighted by molar-refractivity contribution is 0.131. The lowest BCUT2D eigenvalue weighted by Crippen LogP contribution is -2.50. The number of benzene rings is 1. The highest BCUT2D eigenvalue weighted by Gasteiger charge is 2.64. The Balaban J connectivity index is 1.03. The number of aromatic nitrogens is 1. The van der Waals surface area contributed by atoms with Crippen molar-refractivity contribution in [1.82, 2.24) is 9.88 Å². The Morgan fingerprint density at radius 2 is 1.77 bits per heavy atom. The third-order valence-electron chi connectivity index (χ3n) is 13.1. The van der Waals surface area contributed by atoms with Gasteiger partial charge in [-0.1, -0.05) is 73.7 Å². The molecule has 1 aromatic carbocycles. The molecule has 2 aromatic rings. The first-order chi connectivity index (χ1) is 23.0. The molecule has 8 aliphatic rings. The van der Waals surface area contributed by atoms with E-state index in [0.717, 1.165) is 25.0 Å². The maximum Gasteiger partial charge on any atom is 0.0712 e. The molecule has 3 nitrogen and oxygen atoms in total. The quantitative estimate of drug-likeness (QED) is 0.341. The van der Waals surface area contributed by atoms with Crippen LogP contribution in [0.4, 0.5) is 5.69 Å². The number of allylic oxidation sites excluding steroid dienone is 8. The molecule has 47 heavy (non-hydrogen) atoms. The van der Waals surface area contributed by atoms with Crippen LogP contribution in [0.3, 0.4) is 0 Å². The van der Waals surface area contributed by atoms with Crippen molar-refractivity contribution in [3.63, 3.8) is 0 Å². The third kappa shape index (κ3) is 3.77. The van der Waals surface area contributed by atoms with Crippen molar-refractivity contribution >= 4 is 11.3 Å². The van der Waals surface area contributed by atoms with Gasteiger partial charge in [0.05, 0.1) is 22.8 Å². The van der Waals surface area contributed by atoms with Gasteiger partial charge in [0, 0.05) is 28.7 Å². The minimum Gasteiger partial charge on any atom is -0.358 e. The van der Waals surface area contributed by atoms with E-state index in [9.17, 15) is 0 Å². The van der Waals surface area contributed by atoms with Crippen LogP contribution in [0.2, 0.25) is 0 Å². The van der Waals surface area contributed by atoms with Gasteiger partial charge in [-0.2, -0.15) is 0 Å². The topological polar surface area (TPSA) is 19.4 Å². The fourth-order valence-electron chi connectivity index (χ4n) is 11.1. The summed E-state index contributed by atoms with van der Waals surface area (Å²) in [5.41, 5.74) is 15.2. The molecule has 3 heteroatoms. The SMILES string of the molecule is CC1C=C(c2ccccn2)C=CC1N1C2=C(CCCC2)C2=CC3(C4=CCC5(C)C(=C4)C4=C(C=CCC4)N5c4ccccc4)CCC21C3. The van der Waals surface area contributed by atoms with E-state index in [1.807, 2.05) is 12.3 Å². The van der Waals surface area contributed by atoms with E-state index < -0.39 is 0 Å². The molecule has 1 aromatic heterocycles. The first-order valence-electron chi connectivity index (χ1n) is 18.3. The monoisotopic (exact) mass is 615 g/mol. The predicted octanol–water partition coefficient (Wildman–Crippen LogP) is 10.2. The van der Waals surface area contributed by atoms with Gasteiger partial charge < -0.3 is 9.80 Å². The number of nitrogens with zero attached hydrogens (tertiary/aromatic N) is 3. The summed E-state index contributed by atoms with van der Waals surface area (Å²) >= 11 is 0. The minimum absolute atomic E-state index is 0.0379. The molecule has 0 saturated heterocycles. The van der Waals surface area contributed by atoms with Crippen LogP contribution >= 0.6 is 0 Å². The van der Waals surface area contributed by atoms with E-state index in [1.165, 1.54) is 61.9 Å². The number of hydrogen-bond donors (Lipinski definition) is 0. The van der Waals surface area contributed by atoms with E-state index in [2.05, 4.69) is 120 Å². The van der Waals surface area contributed by atoms with Crippen LogP contribution in [0.15, 0.2) is 143 Å². The highest BCUT2D eigenvalue weighted by Crippen LogP contribution is 2.69. The van der Waals surface area contributed by atoms with E-state index >= 15 is 0 Å². The zero-order chi connectivity index (χ0) is 31.4. The Morgan fingerprint density at radius 1 is 0.894 bits per heavy atom. The summed E-state index contributed by atoms with van der Waals surface area (Å²) in [6.07, 6.45) is 34.5. The van der Waals surface area contributed by atoms with Gasteiger partial charge in [0.25, 0.3) is 0 Å². The molecule has 2 bridgehead atoms. The normalized spacial score (nSPS) is 34.9. The predicted molar refractivity (Wildman–Crippen MR) is 192 cm³/mol. The van der Waals surface area contributed by atoms with Crippen molar-refractivity contribution < 1.29 is 0 Å². The Labute approximate surface area is 280 Å². The third-order valence-corrected chi connectivity index (χ3v) is 13.1. The second kappa shape index (κ2) is 9.95. The zero-order valence-electron chi connectivity index (χ0n) is 27.9. The highest BCUT2D eigenvalue weighted by atomic mass is 15.3. The van der Waals surface area contributed by atoms with Crippen LogP contribution < -0.4 is 4.90 Å². The molecule has 0 radical (unpaired) electrons. The summed E-state index contributed by atoms with van der Waals surface area (Å²) in [6.45, 7) is 4.93. The standard InChI is InChI=1S/C44H45N3/c1-30-26-31(38-16-10-11-25-45-38)19-20-39(30)47-41-18-9-7-15-35(41)37-28-43(23-24-44(37,47)29-43)32-21-22-42(2)36(27-32)34-14-6-8-17-40(34)46(42)33-12-4-3-5-13-33/h3-5,8,10-13,16-17,19-21,25-28,30,39H,6-7,9,14-15,18,22-24,29H2,1-2H3. The van der Waals surface area contributed by atoms with E-state index in [1.54, 1.807) is 33.6 Å². The molecular formula is C44H45N3. The molecule has 2 aliphatic heterocycles. The van der Waals surface area contributed by atoms with Crippen molar-refractivity contribution in [2.24, 2.45) is 11.3 Å². The average Bonchev–Trinajstić information content (AvgIpc) is 3.81. The smallest absolute Gasteiger partial charge is 0.0712 e. The molecule has 10 rings (SSSR count). The Kier molecular flexibility index (Phi) is 5.92. The maximum absolute atomic E-state index is 4.68. The summed E-state index contributed by atoms with van der Waals surface area (Å²) in [4.78, 5) is 10.3. The molecule has 1 saturated carbocycles. The summed E-state index contributed by atoms with van der Waals surface area (Å²) < 4.78 is 0. The van der Waals surface area contributed by atoms with Crippen LogP contribution in [-0.4, -0.2) is 27.0 Å². The van der Waals surface area contributed by atoms with Crippen LogP contribution in [0, 0.1) is 11.3 Å². The van der Waals surface area contributed by atoms with Gasteiger partial charge in [0.2, 0.25) is 0 Å². The minimum atomic E-state index is -0.0379. The molecule has 1 fully saturated rings. The number of pyridine rings is 1. The van der Waals surface area contributed by atoms with Crippen LogP contribution in [-0.2, 0) is 0 Å². The summed E-state index contributed by atoms with van der Waals surface area (Å²) in [6, 6.07) is 17.8. The molecule has 0 N–H and O–H groups in total. The fourth-order valence-corrected chi connectivity index (χ4v) is 11.1. The van der Waals surface area contributed by atoms with Crippen molar-refractivity contribution in [1.29, 1.82) is 0 Å². The van der Waals surface area contributed by atoms with Crippen molar-refractivity contribution in [2.45, 2.75) is 95.2 Å². The molecular weight excluding hydrogens is 571 g/mol. The number of hydrogen-bond acceptors (Lipinski definition) is 3. The lowest BCUT2D eigenvalue weighted by Gasteiger charge is -2.46. The molecule has 5 atom stereocenters. The van der Waals surface area contributed by atoms with Gasteiger partial charge in [-0.3, -0.25) is 4.98 Å². The molecule has 1 spiro atoms. The summed E-state index contributed by atoms with van der Waals surface area (Å²) in [5.74, 6) is 0.431. The second-order valence-corrected chi connectivity index (χ2v) is 15.6. The van der Waals surface area contributed by atoms with Gasteiger partial charge in [-0.25, -0.2) is 0 Å². The van der Waals surface area contributed by atoms with E-state index in [0.29, 0.717) is 12.0 Å². The molecule has 236 valence electrons. The van der Waals surface area contributed by atoms with Gasteiger partial charge >= 0.3 is 0 Å². The first kappa shape index (κ1) is 28.0. The van der Waals surface area contributed by atoms with Crippen LogP contribution in [0.5, 0.6) is 0 Å². The molecule has 0 amide bonds. The summed E-state index contributed by atoms with van der Waals surface area (Å²) in [5, 5.41) is 0. The van der Waals surface area contributed by atoms with E-state index in [-0.39, 0.29) is 16.5 Å². The Morgan fingerprint density at radius 3 is 2.62 bits per heavy atom. The first-order valence-corrected chi connectivity index (χ1v) is 18.3.